The van der Waals surface area contributed by atoms with Gasteiger partial charge in [-0.05, 0) is 19.1 Å². The molecular formula is C16H17N3O5S. The van der Waals surface area contributed by atoms with Crippen LogP contribution in [0.4, 0.5) is 0 Å². The van der Waals surface area contributed by atoms with Gasteiger partial charge >= 0.3 is 5.97 Å². The van der Waals surface area contributed by atoms with Crippen molar-refractivity contribution < 1.29 is 23.9 Å². The average molecular weight is 363 g/mol. The number of carbonyl (C=O) groups excluding carboxylic acids is 2. The van der Waals surface area contributed by atoms with Gasteiger partial charge in [0.1, 0.15) is 17.7 Å². The first-order chi connectivity index (χ1) is 12.0. The lowest BCUT2D eigenvalue weighted by Gasteiger charge is -2.10. The van der Waals surface area contributed by atoms with Crippen LogP contribution in [0.1, 0.15) is 20.9 Å². The van der Waals surface area contributed by atoms with E-state index in [1.54, 1.807) is 31.2 Å². The quantitative estimate of drug-likeness (QED) is 0.479. The van der Waals surface area contributed by atoms with Crippen molar-refractivity contribution in [1.29, 1.82) is 0 Å². The maximum Gasteiger partial charge on any atom is 0.350 e. The zero-order valence-electron chi connectivity index (χ0n) is 14.2. The molecule has 0 spiro atoms. The van der Waals surface area contributed by atoms with Crippen LogP contribution in [0.5, 0.6) is 10.9 Å². The highest BCUT2D eigenvalue weighted by atomic mass is 32.1. The number of amides is 1. The number of thiazole rings is 1. The van der Waals surface area contributed by atoms with E-state index >= 15 is 0 Å². The van der Waals surface area contributed by atoms with Gasteiger partial charge in [-0.25, -0.2) is 9.78 Å². The zero-order chi connectivity index (χ0) is 18.4. The van der Waals surface area contributed by atoms with Gasteiger partial charge in [-0.2, -0.15) is 0 Å². The molecule has 2 rings (SSSR count). The van der Waals surface area contributed by atoms with E-state index < -0.39 is 11.9 Å². The summed E-state index contributed by atoms with van der Waals surface area (Å²) >= 11 is 1.06. The third-order valence-electron chi connectivity index (χ3n) is 3.11. The fourth-order valence-electron chi connectivity index (χ4n) is 1.97. The number of hydrogen-bond donors (Lipinski definition) is 1. The van der Waals surface area contributed by atoms with E-state index in [2.05, 4.69) is 15.5 Å². The molecule has 8 nitrogen and oxygen atoms in total. The highest BCUT2D eigenvalue weighted by Crippen LogP contribution is 2.31. The molecule has 0 saturated heterocycles. The van der Waals surface area contributed by atoms with Crippen molar-refractivity contribution in [2.45, 2.75) is 6.92 Å². The van der Waals surface area contributed by atoms with Gasteiger partial charge in [0.2, 0.25) is 0 Å². The molecule has 1 heterocycles. The molecule has 0 unspecified atom stereocenters. The Bertz CT molecular complexity index is 816. The molecule has 2 aromatic rings. The molecule has 1 aromatic heterocycles. The number of benzene rings is 1. The Kier molecular flexibility index (Phi) is 6.07. The van der Waals surface area contributed by atoms with Crippen LogP contribution in [-0.2, 0) is 14.4 Å². The lowest BCUT2D eigenvalue weighted by atomic mass is 10.1. The Morgan fingerprint density at radius 2 is 1.96 bits per heavy atom. The van der Waals surface area contributed by atoms with Crippen molar-refractivity contribution in [3.05, 3.63) is 40.4 Å². The van der Waals surface area contributed by atoms with E-state index in [4.69, 9.17) is 14.3 Å². The minimum atomic E-state index is -0.481. The lowest BCUT2D eigenvalue weighted by Crippen LogP contribution is -2.28. The van der Waals surface area contributed by atoms with E-state index in [-0.39, 0.29) is 10.9 Å². The van der Waals surface area contributed by atoms with Crippen LogP contribution in [0.25, 0.3) is 0 Å². The summed E-state index contributed by atoms with van der Waals surface area (Å²) in [4.78, 5) is 33.1. The second-order valence-corrected chi connectivity index (χ2v) is 5.65. The molecular weight excluding hydrogens is 346 g/mol. The van der Waals surface area contributed by atoms with E-state index in [9.17, 15) is 9.59 Å². The predicted octanol–water partition coefficient (Wildman–Crippen LogP) is 2.13. The Morgan fingerprint density at radius 1 is 1.24 bits per heavy atom. The second-order valence-electron chi connectivity index (χ2n) is 4.69. The van der Waals surface area contributed by atoms with Crippen molar-refractivity contribution in [3.63, 3.8) is 0 Å². The Labute approximate surface area is 148 Å². The minimum Gasteiger partial charge on any atom is -0.465 e. The Hall–Kier alpha value is -2.94. The van der Waals surface area contributed by atoms with Gasteiger partial charge < -0.3 is 19.6 Å². The van der Waals surface area contributed by atoms with Gasteiger partial charge in [-0.15, -0.1) is 0 Å². The summed E-state index contributed by atoms with van der Waals surface area (Å²) in [5, 5.41) is 6.51. The number of oxime groups is 1. The zero-order valence-corrected chi connectivity index (χ0v) is 15.0. The van der Waals surface area contributed by atoms with Crippen molar-refractivity contribution in [3.8, 4) is 10.9 Å². The number of nitrogens with zero attached hydrogens (tertiary/aromatic N) is 2. The second kappa shape index (κ2) is 8.25. The first-order valence-electron chi connectivity index (χ1n) is 7.18. The number of methoxy groups -OCH3 is 1. The molecule has 0 saturated carbocycles. The maximum atomic E-state index is 12.0. The highest BCUT2D eigenvalue weighted by molar-refractivity contribution is 7.15. The standard InChI is InChI=1S/C16H17N3O5S/c1-9-13(15(21)22-3)25-16(18-9)24-11-8-6-5-7-10(11)12(19-23-4)14(20)17-2/h5-8H,1-4H3,(H,17,20). The van der Waals surface area contributed by atoms with Crippen molar-refractivity contribution in [2.75, 3.05) is 21.3 Å². The molecule has 132 valence electrons. The smallest absolute Gasteiger partial charge is 0.350 e. The normalized spacial score (nSPS) is 11.0. The topological polar surface area (TPSA) is 99.1 Å². The van der Waals surface area contributed by atoms with Crippen molar-refractivity contribution in [1.82, 2.24) is 10.3 Å². The first-order valence-corrected chi connectivity index (χ1v) is 7.99. The number of rotatable bonds is 6. The molecule has 0 bridgehead atoms. The fraction of sp³-hybridized carbons (Fsp3) is 0.250. The number of para-hydroxylation sites is 1. The Morgan fingerprint density at radius 3 is 2.60 bits per heavy atom. The molecule has 0 aliphatic heterocycles. The van der Waals surface area contributed by atoms with E-state index in [0.717, 1.165) is 11.3 Å². The van der Waals surface area contributed by atoms with Crippen LogP contribution in [-0.4, -0.2) is 43.8 Å². The van der Waals surface area contributed by atoms with Gasteiger partial charge in [0.15, 0.2) is 5.71 Å². The van der Waals surface area contributed by atoms with Crippen LogP contribution >= 0.6 is 11.3 Å². The largest absolute Gasteiger partial charge is 0.465 e. The third kappa shape index (κ3) is 4.13. The number of aromatic nitrogens is 1. The maximum absolute atomic E-state index is 12.0. The highest BCUT2D eigenvalue weighted by Gasteiger charge is 2.21. The van der Waals surface area contributed by atoms with Gasteiger partial charge in [0.05, 0.1) is 18.4 Å². The number of hydrogen-bond acceptors (Lipinski definition) is 8. The van der Waals surface area contributed by atoms with Crippen molar-refractivity contribution >= 4 is 28.9 Å². The van der Waals surface area contributed by atoms with Crippen LogP contribution in [0.2, 0.25) is 0 Å². The van der Waals surface area contributed by atoms with E-state index in [0.29, 0.717) is 21.9 Å². The molecule has 0 fully saturated rings. The van der Waals surface area contributed by atoms with Crippen molar-refractivity contribution in [2.24, 2.45) is 5.16 Å². The molecule has 0 aliphatic carbocycles. The number of esters is 1. The van der Waals surface area contributed by atoms with Gasteiger partial charge in [-0.1, -0.05) is 28.6 Å². The molecule has 1 amide bonds. The summed E-state index contributed by atoms with van der Waals surface area (Å²) in [5.74, 6) is -0.555. The SMILES string of the molecule is CNC(=O)C(=NOC)c1ccccc1Oc1nc(C)c(C(=O)OC)s1. The molecule has 25 heavy (non-hydrogen) atoms. The molecule has 1 aromatic carbocycles. The van der Waals surface area contributed by atoms with Gasteiger partial charge in [0, 0.05) is 7.05 Å². The minimum absolute atomic E-state index is 0.0575. The molecule has 0 aliphatic rings. The van der Waals surface area contributed by atoms with Crippen LogP contribution in [0, 0.1) is 6.92 Å². The summed E-state index contributed by atoms with van der Waals surface area (Å²) in [6.45, 7) is 1.68. The first kappa shape index (κ1) is 18.4. The van der Waals surface area contributed by atoms with Crippen LogP contribution < -0.4 is 10.1 Å². The van der Waals surface area contributed by atoms with Crippen LogP contribution in [0.15, 0.2) is 29.4 Å². The van der Waals surface area contributed by atoms with E-state index in [1.165, 1.54) is 21.3 Å². The lowest BCUT2D eigenvalue weighted by molar-refractivity contribution is -0.114. The number of nitrogens with one attached hydrogen (secondary N) is 1. The number of ether oxygens (including phenoxy) is 2. The van der Waals surface area contributed by atoms with E-state index in [1.807, 2.05) is 0 Å². The molecule has 0 radical (unpaired) electrons. The predicted molar refractivity (Wildman–Crippen MR) is 92.3 cm³/mol. The monoisotopic (exact) mass is 363 g/mol. The summed E-state index contributed by atoms with van der Waals surface area (Å²) < 4.78 is 10.5. The molecule has 9 heteroatoms. The van der Waals surface area contributed by atoms with Gasteiger partial charge in [-0.3, -0.25) is 4.79 Å². The molecule has 1 N–H and O–H groups in total. The number of carbonyl (C=O) groups is 2. The Balaban J connectivity index is 2.40. The average Bonchev–Trinajstić information content (AvgIpc) is 2.99. The summed E-state index contributed by atoms with van der Waals surface area (Å²) in [6, 6.07) is 6.82. The van der Waals surface area contributed by atoms with Crippen LogP contribution in [0.3, 0.4) is 0 Å². The third-order valence-corrected chi connectivity index (χ3v) is 4.13. The summed E-state index contributed by atoms with van der Waals surface area (Å²) in [7, 11) is 4.14. The summed E-state index contributed by atoms with van der Waals surface area (Å²) in [5.41, 5.74) is 0.986. The van der Waals surface area contributed by atoms with Gasteiger partial charge in [0.25, 0.3) is 11.1 Å². The number of likely N-dealkylation sites (N-methyl/N-ethyl adjacent to an activating group) is 1. The number of aryl methyl sites for hydroxylation is 1. The molecule has 0 atom stereocenters. The summed E-state index contributed by atoms with van der Waals surface area (Å²) in [6.07, 6.45) is 0. The fourth-order valence-corrected chi connectivity index (χ4v) is 2.81.